The summed E-state index contributed by atoms with van der Waals surface area (Å²) >= 11 is 0. The molecule has 1 N–H and O–H groups in total. The van der Waals surface area contributed by atoms with Crippen LogP contribution < -0.4 is 4.90 Å². The summed E-state index contributed by atoms with van der Waals surface area (Å²) in [6.45, 7) is 9.70. The Kier molecular flexibility index (Phi) is 5.90. The van der Waals surface area contributed by atoms with Crippen LogP contribution in [0.25, 0.3) is 0 Å². The van der Waals surface area contributed by atoms with Crippen LogP contribution in [0, 0.1) is 11.3 Å². The van der Waals surface area contributed by atoms with E-state index in [0.717, 1.165) is 30.8 Å². The van der Waals surface area contributed by atoms with E-state index in [4.69, 9.17) is 5.26 Å². The molecule has 0 atom stereocenters. The molecule has 1 saturated heterocycles. The number of rotatable bonds is 4. The molecule has 28 heavy (non-hydrogen) atoms. The van der Waals surface area contributed by atoms with Gasteiger partial charge in [0.1, 0.15) is 6.54 Å². The van der Waals surface area contributed by atoms with E-state index in [9.17, 15) is 8.42 Å². The molecule has 0 spiro atoms. The highest BCUT2D eigenvalue weighted by Crippen LogP contribution is 2.24. The highest BCUT2D eigenvalue weighted by Gasteiger charge is 2.30. The number of quaternary nitrogens is 1. The van der Waals surface area contributed by atoms with Gasteiger partial charge < -0.3 is 4.90 Å². The third-order valence-corrected chi connectivity index (χ3v) is 7.21. The van der Waals surface area contributed by atoms with Crippen molar-refractivity contribution in [1.29, 1.82) is 5.26 Å². The van der Waals surface area contributed by atoms with Gasteiger partial charge in [0.25, 0.3) is 0 Å². The van der Waals surface area contributed by atoms with E-state index in [2.05, 4.69) is 26.8 Å². The Bertz CT molecular complexity index is 962. The van der Waals surface area contributed by atoms with Gasteiger partial charge in [0.05, 0.1) is 42.7 Å². The molecule has 0 saturated carbocycles. The first kappa shape index (κ1) is 20.5. The predicted molar refractivity (Wildman–Crippen MR) is 109 cm³/mol. The van der Waals surface area contributed by atoms with Crippen molar-refractivity contribution in [3.8, 4) is 6.07 Å². The zero-order valence-corrected chi connectivity index (χ0v) is 17.6. The number of hydrogen-bond acceptors (Lipinski definition) is 3. The van der Waals surface area contributed by atoms with E-state index in [1.807, 2.05) is 30.3 Å². The van der Waals surface area contributed by atoms with E-state index in [-0.39, 0.29) is 5.41 Å². The van der Waals surface area contributed by atoms with Crippen molar-refractivity contribution in [2.45, 2.75) is 37.6 Å². The molecular weight excluding hydrogens is 370 g/mol. The van der Waals surface area contributed by atoms with Crippen LogP contribution in [0.4, 0.5) is 0 Å². The number of nitrogens with zero attached hydrogens (tertiary/aromatic N) is 2. The summed E-state index contributed by atoms with van der Waals surface area (Å²) in [7, 11) is -3.45. The molecule has 148 valence electrons. The monoisotopic (exact) mass is 398 g/mol. The molecule has 0 amide bonds. The predicted octanol–water partition coefficient (Wildman–Crippen LogP) is 1.95. The number of nitriles is 1. The molecule has 3 rings (SSSR count). The van der Waals surface area contributed by atoms with Crippen molar-refractivity contribution in [1.82, 2.24) is 4.31 Å². The molecule has 0 bridgehead atoms. The van der Waals surface area contributed by atoms with E-state index < -0.39 is 10.0 Å². The van der Waals surface area contributed by atoms with E-state index >= 15 is 0 Å². The minimum atomic E-state index is -3.45. The molecule has 1 heterocycles. The second kappa shape index (κ2) is 8.04. The highest BCUT2D eigenvalue weighted by atomic mass is 32.2. The SMILES string of the molecule is CC(C)(C)c1ccc(S(=O)(=O)N2CC[NH+](Cc3cccc(C#N)c3)CC2)cc1. The van der Waals surface area contributed by atoms with E-state index in [1.54, 1.807) is 22.5 Å². The number of benzene rings is 2. The molecule has 0 aromatic heterocycles. The van der Waals surface area contributed by atoms with Gasteiger partial charge in [-0.1, -0.05) is 45.0 Å². The average Bonchev–Trinajstić information content (AvgIpc) is 2.68. The van der Waals surface area contributed by atoms with Gasteiger partial charge in [-0.2, -0.15) is 9.57 Å². The summed E-state index contributed by atoms with van der Waals surface area (Å²) in [6.07, 6.45) is 0. The second-order valence-corrected chi connectivity index (χ2v) is 10.4. The second-order valence-electron chi connectivity index (χ2n) is 8.42. The van der Waals surface area contributed by atoms with Crippen molar-refractivity contribution >= 4 is 10.0 Å². The Hall–Kier alpha value is -2.20. The third-order valence-electron chi connectivity index (χ3n) is 5.30. The smallest absolute Gasteiger partial charge is 0.243 e. The van der Waals surface area contributed by atoms with Gasteiger partial charge >= 0.3 is 0 Å². The molecule has 6 heteroatoms. The molecule has 1 aliphatic rings. The zero-order valence-electron chi connectivity index (χ0n) is 16.8. The number of sulfonamides is 1. The first-order chi connectivity index (χ1) is 13.2. The maximum absolute atomic E-state index is 13.0. The van der Waals surface area contributed by atoms with E-state index in [1.165, 1.54) is 4.90 Å². The normalized spacial score (nSPS) is 16.6. The van der Waals surface area contributed by atoms with E-state index in [0.29, 0.717) is 23.5 Å². The Morgan fingerprint density at radius 2 is 1.71 bits per heavy atom. The molecule has 0 unspecified atom stereocenters. The summed E-state index contributed by atoms with van der Waals surface area (Å²) in [5.74, 6) is 0. The molecule has 0 radical (unpaired) electrons. The quantitative estimate of drug-likeness (QED) is 0.856. The molecular formula is C22H28N3O2S+. The van der Waals surface area contributed by atoms with Crippen molar-refractivity contribution in [2.24, 2.45) is 0 Å². The van der Waals surface area contributed by atoms with Gasteiger partial charge in [-0.15, -0.1) is 0 Å². The summed E-state index contributed by atoms with van der Waals surface area (Å²) in [5, 5.41) is 9.03. The maximum atomic E-state index is 13.0. The van der Waals surface area contributed by atoms with Crippen molar-refractivity contribution in [3.63, 3.8) is 0 Å². The van der Waals surface area contributed by atoms with Gasteiger partial charge in [0, 0.05) is 5.56 Å². The number of hydrogen-bond donors (Lipinski definition) is 1. The van der Waals surface area contributed by atoms with Crippen molar-refractivity contribution in [2.75, 3.05) is 26.2 Å². The Morgan fingerprint density at radius 3 is 2.29 bits per heavy atom. The Morgan fingerprint density at radius 1 is 1.07 bits per heavy atom. The van der Waals surface area contributed by atoms with Gasteiger partial charge in [0.15, 0.2) is 0 Å². The first-order valence-electron chi connectivity index (χ1n) is 9.63. The van der Waals surface area contributed by atoms with Crippen LogP contribution in [0.15, 0.2) is 53.4 Å². The van der Waals surface area contributed by atoms with Gasteiger partial charge in [-0.3, -0.25) is 0 Å². The average molecular weight is 399 g/mol. The Balaban J connectivity index is 1.64. The summed E-state index contributed by atoms with van der Waals surface area (Å²) in [4.78, 5) is 1.70. The van der Waals surface area contributed by atoms with Crippen LogP contribution in [0.3, 0.4) is 0 Å². The third kappa shape index (κ3) is 4.61. The van der Waals surface area contributed by atoms with Crippen molar-refractivity contribution < 1.29 is 13.3 Å². The largest absolute Gasteiger partial charge is 0.329 e. The highest BCUT2D eigenvalue weighted by molar-refractivity contribution is 7.89. The van der Waals surface area contributed by atoms with Crippen LogP contribution in [-0.2, 0) is 22.0 Å². The minimum Gasteiger partial charge on any atom is -0.329 e. The standard InChI is InChI=1S/C22H27N3O2S/c1-22(2,3)20-7-9-21(10-8-20)28(26,27)25-13-11-24(12-14-25)17-19-6-4-5-18(15-19)16-23/h4-10,15H,11-14,17H2,1-3H3/p+1. The van der Waals surface area contributed by atoms with Crippen LogP contribution in [-0.4, -0.2) is 38.9 Å². The fourth-order valence-corrected chi connectivity index (χ4v) is 4.98. The molecule has 1 aliphatic heterocycles. The van der Waals surface area contributed by atoms with Crippen LogP contribution in [0.1, 0.15) is 37.5 Å². The fraction of sp³-hybridized carbons (Fsp3) is 0.409. The molecule has 2 aromatic carbocycles. The summed E-state index contributed by atoms with van der Waals surface area (Å²) in [6, 6.07) is 17.1. The summed E-state index contributed by atoms with van der Waals surface area (Å²) in [5.41, 5.74) is 2.90. The lowest BCUT2D eigenvalue weighted by molar-refractivity contribution is -0.917. The molecule has 5 nitrogen and oxygen atoms in total. The maximum Gasteiger partial charge on any atom is 0.243 e. The van der Waals surface area contributed by atoms with Gasteiger partial charge in [-0.05, 0) is 35.2 Å². The summed E-state index contributed by atoms with van der Waals surface area (Å²) < 4.78 is 27.5. The van der Waals surface area contributed by atoms with Gasteiger partial charge in [0.2, 0.25) is 10.0 Å². The lowest BCUT2D eigenvalue weighted by Gasteiger charge is -2.31. The molecule has 0 aliphatic carbocycles. The topological polar surface area (TPSA) is 65.6 Å². The fourth-order valence-electron chi connectivity index (χ4n) is 3.54. The van der Waals surface area contributed by atoms with Crippen LogP contribution in [0.5, 0.6) is 0 Å². The first-order valence-corrected chi connectivity index (χ1v) is 11.1. The lowest BCUT2D eigenvalue weighted by atomic mass is 9.87. The van der Waals surface area contributed by atoms with Crippen molar-refractivity contribution in [3.05, 3.63) is 65.2 Å². The molecule has 1 fully saturated rings. The zero-order chi connectivity index (χ0) is 20.4. The minimum absolute atomic E-state index is 0.000126. The molecule has 2 aromatic rings. The number of piperazine rings is 1. The Labute approximate surface area is 168 Å². The van der Waals surface area contributed by atoms with Gasteiger partial charge in [-0.25, -0.2) is 8.42 Å². The lowest BCUT2D eigenvalue weighted by Crippen LogP contribution is -3.13. The van der Waals surface area contributed by atoms with Crippen LogP contribution in [0.2, 0.25) is 0 Å². The van der Waals surface area contributed by atoms with Crippen LogP contribution >= 0.6 is 0 Å². The number of nitrogens with one attached hydrogen (secondary N) is 1.